The highest BCUT2D eigenvalue weighted by Gasteiger charge is 2.60. The molecule has 16 heavy (non-hydrogen) atoms. The molecule has 1 N–H and O–H groups in total. The highest BCUT2D eigenvalue weighted by atomic mass is 16.4. The second-order valence-electron chi connectivity index (χ2n) is 5.56. The number of rotatable bonds is 4. The second-order valence-corrected chi connectivity index (χ2v) is 5.56. The number of nitrogens with zero attached hydrogens (tertiary/aromatic N) is 1. The summed E-state index contributed by atoms with van der Waals surface area (Å²) in [4.78, 5) is 11.0. The Morgan fingerprint density at radius 2 is 2.12 bits per heavy atom. The smallest absolute Gasteiger partial charge is 0.307 e. The largest absolute Gasteiger partial charge is 0.481 e. The summed E-state index contributed by atoms with van der Waals surface area (Å²) in [7, 11) is 0. The number of aliphatic carboxylic acids is 1. The number of carboxylic acids is 1. The quantitative estimate of drug-likeness (QED) is 0.742. The van der Waals surface area contributed by atoms with Crippen molar-refractivity contribution in [1.82, 2.24) is 0 Å². The fraction of sp³-hybridized carbons (Fsp3) is 0.692. The zero-order chi connectivity index (χ0) is 12.5. The fourth-order valence-electron chi connectivity index (χ4n) is 2.27. The van der Waals surface area contributed by atoms with Crippen molar-refractivity contribution in [3.63, 3.8) is 0 Å². The lowest BCUT2D eigenvalue weighted by Crippen LogP contribution is -2.03. The van der Waals surface area contributed by atoms with Crippen LogP contribution in [-0.4, -0.2) is 11.1 Å². The molecule has 3 nitrogen and oxygen atoms in total. The van der Waals surface area contributed by atoms with Crippen molar-refractivity contribution in [3.8, 4) is 6.07 Å². The van der Waals surface area contributed by atoms with Gasteiger partial charge in [-0.3, -0.25) is 4.79 Å². The van der Waals surface area contributed by atoms with Gasteiger partial charge >= 0.3 is 5.97 Å². The molecule has 0 heterocycles. The molecule has 1 aliphatic carbocycles. The van der Waals surface area contributed by atoms with E-state index in [0.29, 0.717) is 5.92 Å². The van der Waals surface area contributed by atoms with Gasteiger partial charge in [0, 0.05) is 5.57 Å². The second kappa shape index (κ2) is 4.29. The zero-order valence-electron chi connectivity index (χ0n) is 10.3. The van der Waals surface area contributed by atoms with Gasteiger partial charge in [-0.2, -0.15) is 5.26 Å². The summed E-state index contributed by atoms with van der Waals surface area (Å²) < 4.78 is 0. The molecule has 0 spiro atoms. The van der Waals surface area contributed by atoms with E-state index in [4.69, 9.17) is 10.4 Å². The maximum atomic E-state index is 11.0. The van der Waals surface area contributed by atoms with Gasteiger partial charge in [0.15, 0.2) is 0 Å². The van der Waals surface area contributed by atoms with Gasteiger partial charge in [0.1, 0.15) is 0 Å². The molecular weight excluding hydrogens is 202 g/mol. The lowest BCUT2D eigenvalue weighted by molar-refractivity contribution is -0.139. The van der Waals surface area contributed by atoms with E-state index in [0.717, 1.165) is 12.0 Å². The predicted octanol–water partition coefficient (Wildman–Crippen LogP) is 2.84. The van der Waals surface area contributed by atoms with Crippen molar-refractivity contribution in [2.45, 2.75) is 34.1 Å². The Labute approximate surface area is 96.8 Å². The molecule has 1 aliphatic rings. The van der Waals surface area contributed by atoms with Crippen LogP contribution in [0.15, 0.2) is 11.6 Å². The lowest BCUT2D eigenvalue weighted by atomic mass is 10.0. The normalized spacial score (nSPS) is 27.6. The van der Waals surface area contributed by atoms with Crippen LogP contribution in [0.1, 0.15) is 34.1 Å². The van der Waals surface area contributed by atoms with Gasteiger partial charge < -0.3 is 5.11 Å². The van der Waals surface area contributed by atoms with Gasteiger partial charge in [0.05, 0.1) is 12.0 Å². The first-order valence-corrected chi connectivity index (χ1v) is 5.64. The zero-order valence-corrected chi connectivity index (χ0v) is 10.3. The number of allylic oxidation sites excluding steroid dienone is 2. The van der Waals surface area contributed by atoms with Gasteiger partial charge in [-0.05, 0) is 23.7 Å². The van der Waals surface area contributed by atoms with Gasteiger partial charge in [-0.1, -0.05) is 33.8 Å². The molecule has 0 aromatic heterocycles. The van der Waals surface area contributed by atoms with E-state index in [1.165, 1.54) is 0 Å². The van der Waals surface area contributed by atoms with Crippen molar-refractivity contribution in [3.05, 3.63) is 11.6 Å². The van der Waals surface area contributed by atoms with Crippen LogP contribution in [0.5, 0.6) is 0 Å². The number of hydrogen-bond acceptors (Lipinski definition) is 2. The van der Waals surface area contributed by atoms with E-state index >= 15 is 0 Å². The topological polar surface area (TPSA) is 61.1 Å². The Morgan fingerprint density at radius 1 is 1.56 bits per heavy atom. The van der Waals surface area contributed by atoms with Crippen molar-refractivity contribution >= 4 is 5.97 Å². The maximum absolute atomic E-state index is 11.0. The first kappa shape index (κ1) is 12.8. The molecule has 0 aromatic rings. The first-order valence-electron chi connectivity index (χ1n) is 5.64. The summed E-state index contributed by atoms with van der Waals surface area (Å²) in [5, 5.41) is 18.0. The van der Waals surface area contributed by atoms with Gasteiger partial charge in [-0.15, -0.1) is 0 Å². The fourth-order valence-corrected chi connectivity index (χ4v) is 2.27. The molecule has 0 bridgehead atoms. The Hall–Kier alpha value is -1.30. The van der Waals surface area contributed by atoms with E-state index in [1.54, 1.807) is 0 Å². The van der Waals surface area contributed by atoms with E-state index in [9.17, 15) is 4.79 Å². The molecule has 88 valence electrons. The summed E-state index contributed by atoms with van der Waals surface area (Å²) in [6.45, 7) is 7.99. The minimum Gasteiger partial charge on any atom is -0.481 e. The molecule has 2 atom stereocenters. The molecule has 0 amide bonds. The van der Waals surface area contributed by atoms with Crippen LogP contribution in [0, 0.1) is 34.5 Å². The van der Waals surface area contributed by atoms with Crippen LogP contribution in [0.4, 0.5) is 0 Å². The summed E-state index contributed by atoms with van der Waals surface area (Å²) in [5.74, 6) is -0.648. The van der Waals surface area contributed by atoms with Crippen LogP contribution in [-0.2, 0) is 4.79 Å². The molecule has 1 fully saturated rings. The number of hydrogen-bond donors (Lipinski definition) is 1. The third kappa shape index (κ3) is 2.44. The molecule has 0 aromatic carbocycles. The van der Waals surface area contributed by atoms with Crippen LogP contribution >= 0.6 is 0 Å². The third-order valence-corrected chi connectivity index (χ3v) is 3.33. The van der Waals surface area contributed by atoms with E-state index < -0.39 is 5.97 Å². The van der Waals surface area contributed by atoms with Crippen LogP contribution in [0.25, 0.3) is 0 Å². The number of carbonyl (C=O) groups is 1. The van der Waals surface area contributed by atoms with Gasteiger partial charge in [-0.25, -0.2) is 0 Å². The van der Waals surface area contributed by atoms with Crippen molar-refractivity contribution in [2.75, 3.05) is 0 Å². The SMILES string of the molecule is CC(C)C/C(C#N)=C\C1C(C(=O)O)C1(C)C. The van der Waals surface area contributed by atoms with E-state index in [-0.39, 0.29) is 17.3 Å². The average molecular weight is 221 g/mol. The Kier molecular flexibility index (Phi) is 3.42. The lowest BCUT2D eigenvalue weighted by Gasteiger charge is -2.03. The molecule has 1 rings (SSSR count). The van der Waals surface area contributed by atoms with E-state index in [2.05, 4.69) is 19.9 Å². The summed E-state index contributed by atoms with van der Waals surface area (Å²) in [5.41, 5.74) is 0.516. The van der Waals surface area contributed by atoms with Crippen LogP contribution in [0.3, 0.4) is 0 Å². The molecule has 0 radical (unpaired) electrons. The molecule has 0 aliphatic heterocycles. The first-order chi connectivity index (χ1) is 7.30. The monoisotopic (exact) mass is 221 g/mol. The standard InChI is InChI=1S/C13H19NO2/c1-8(2)5-9(7-14)6-10-11(12(15)16)13(10,3)4/h6,8,10-11H,5H2,1-4H3,(H,15,16)/b9-6+. The Balaban J connectivity index is 2.78. The van der Waals surface area contributed by atoms with Crippen LogP contribution in [0.2, 0.25) is 0 Å². The highest BCUT2D eigenvalue weighted by Crippen LogP contribution is 2.59. The number of nitriles is 1. The Morgan fingerprint density at radius 3 is 2.44 bits per heavy atom. The van der Waals surface area contributed by atoms with Crippen molar-refractivity contribution in [1.29, 1.82) is 5.26 Å². The van der Waals surface area contributed by atoms with Crippen LogP contribution < -0.4 is 0 Å². The summed E-state index contributed by atoms with van der Waals surface area (Å²) in [6, 6.07) is 2.17. The minimum absolute atomic E-state index is 0.0124. The van der Waals surface area contributed by atoms with E-state index in [1.807, 2.05) is 19.9 Å². The average Bonchev–Trinajstić information content (AvgIpc) is 2.66. The summed E-state index contributed by atoms with van der Waals surface area (Å²) >= 11 is 0. The molecular formula is C13H19NO2. The maximum Gasteiger partial charge on any atom is 0.307 e. The number of carboxylic acid groups (broad SMARTS) is 1. The Bertz CT molecular complexity index is 361. The molecule has 0 saturated heterocycles. The highest BCUT2D eigenvalue weighted by molar-refractivity contribution is 5.76. The molecule has 1 saturated carbocycles. The van der Waals surface area contributed by atoms with Crippen molar-refractivity contribution in [2.24, 2.45) is 23.2 Å². The predicted molar refractivity (Wildman–Crippen MR) is 61.5 cm³/mol. The molecule has 3 heteroatoms. The van der Waals surface area contributed by atoms with Crippen molar-refractivity contribution < 1.29 is 9.90 Å². The molecule has 2 unspecified atom stereocenters. The minimum atomic E-state index is -0.756. The van der Waals surface area contributed by atoms with Gasteiger partial charge in [0.2, 0.25) is 0 Å². The van der Waals surface area contributed by atoms with Gasteiger partial charge in [0.25, 0.3) is 0 Å². The summed E-state index contributed by atoms with van der Waals surface area (Å²) in [6.07, 6.45) is 2.59. The third-order valence-electron chi connectivity index (χ3n) is 3.33.